The third-order valence-corrected chi connectivity index (χ3v) is 7.31. The van der Waals surface area contributed by atoms with E-state index in [-0.39, 0.29) is 47.9 Å². The molecule has 1 aromatic heterocycles. The molecule has 40 heavy (non-hydrogen) atoms. The van der Waals surface area contributed by atoms with Crippen molar-refractivity contribution in [2.75, 3.05) is 18.4 Å². The first kappa shape index (κ1) is 29.0. The Bertz CT molecular complexity index is 1480. The van der Waals surface area contributed by atoms with Gasteiger partial charge in [0.25, 0.3) is 11.5 Å². The third-order valence-electron chi connectivity index (χ3n) is 7.31. The van der Waals surface area contributed by atoms with Crippen molar-refractivity contribution in [3.05, 3.63) is 75.2 Å². The van der Waals surface area contributed by atoms with Crippen LogP contribution in [-0.4, -0.2) is 45.1 Å². The van der Waals surface area contributed by atoms with Crippen molar-refractivity contribution in [1.29, 1.82) is 0 Å². The summed E-state index contributed by atoms with van der Waals surface area (Å²) >= 11 is 0. The number of hydrogen-bond donors (Lipinski definition) is 2. The lowest BCUT2D eigenvalue weighted by Gasteiger charge is -2.33. The van der Waals surface area contributed by atoms with Crippen molar-refractivity contribution in [2.45, 2.75) is 71.5 Å². The van der Waals surface area contributed by atoms with Crippen LogP contribution in [0.1, 0.15) is 58.9 Å². The molecule has 10 heteroatoms. The third kappa shape index (κ3) is 6.43. The molecule has 1 atom stereocenters. The normalized spacial score (nSPS) is 18.2. The molecule has 1 saturated carbocycles. The maximum absolute atomic E-state index is 14.4. The SMILES string of the molecule is C=CC/C(F)=C(\C=C/C)C(=O)N[C@@H]1CCCN(C(=O)Nc2ccc3c(c2)c(=O)n(CC2CC2)c(=O)n3C(C)C)C1. The van der Waals surface area contributed by atoms with Gasteiger partial charge in [0.1, 0.15) is 5.83 Å². The zero-order valence-electron chi connectivity index (χ0n) is 23.4. The Morgan fingerprint density at radius 3 is 2.60 bits per heavy atom. The van der Waals surface area contributed by atoms with Gasteiger partial charge in [0.15, 0.2) is 0 Å². The molecule has 2 N–H and O–H groups in total. The predicted octanol–water partition coefficient (Wildman–Crippen LogP) is 4.64. The number of hydrogen-bond acceptors (Lipinski definition) is 4. The van der Waals surface area contributed by atoms with Gasteiger partial charge in [-0.15, -0.1) is 6.58 Å². The number of fused-ring (bicyclic) bond motifs is 1. The Labute approximate surface area is 233 Å². The molecule has 1 saturated heterocycles. The Hall–Kier alpha value is -3.95. The summed E-state index contributed by atoms with van der Waals surface area (Å²) in [5.41, 5.74) is 0.262. The van der Waals surface area contributed by atoms with Gasteiger partial charge in [0.05, 0.1) is 16.5 Å². The summed E-state index contributed by atoms with van der Waals surface area (Å²) in [7, 11) is 0. The summed E-state index contributed by atoms with van der Waals surface area (Å²) in [5.74, 6) is -0.744. The van der Waals surface area contributed by atoms with Crippen molar-refractivity contribution in [1.82, 2.24) is 19.4 Å². The number of anilines is 1. The fourth-order valence-electron chi connectivity index (χ4n) is 5.12. The predicted molar refractivity (Wildman–Crippen MR) is 155 cm³/mol. The maximum atomic E-state index is 14.4. The average molecular weight is 552 g/mol. The molecular weight excluding hydrogens is 513 g/mol. The van der Waals surface area contributed by atoms with Crippen LogP contribution in [0.5, 0.6) is 0 Å². The van der Waals surface area contributed by atoms with Crippen molar-refractivity contribution >= 4 is 28.5 Å². The highest BCUT2D eigenvalue weighted by Crippen LogP contribution is 2.30. The standard InChI is InChI=1S/C30H38FN5O4/c1-5-8-23(25(31)9-6-2)27(37)32-22-10-7-15-34(18-22)29(39)33-21-13-14-26-24(16-21)28(38)35(17-20-11-12-20)30(40)36(26)19(3)4/h5-6,8,13-14,16,19-20,22H,2,7,9-12,15,17-18H2,1,3-4H3,(H,32,37)(H,33,39)/b8-5-,25-23-/t22-/m1/s1. The van der Waals surface area contributed by atoms with E-state index < -0.39 is 11.7 Å². The summed E-state index contributed by atoms with van der Waals surface area (Å²) in [6.07, 6.45) is 7.73. The highest BCUT2D eigenvalue weighted by Gasteiger charge is 2.27. The summed E-state index contributed by atoms with van der Waals surface area (Å²) in [6.45, 7) is 10.2. The number of piperidine rings is 1. The van der Waals surface area contributed by atoms with Crippen LogP contribution in [0.15, 0.2) is 64.0 Å². The van der Waals surface area contributed by atoms with Crippen LogP contribution >= 0.6 is 0 Å². The molecule has 214 valence electrons. The van der Waals surface area contributed by atoms with Gasteiger partial charge < -0.3 is 15.5 Å². The summed E-state index contributed by atoms with van der Waals surface area (Å²) < 4.78 is 17.3. The average Bonchev–Trinajstić information content (AvgIpc) is 3.74. The van der Waals surface area contributed by atoms with E-state index in [1.807, 2.05) is 13.8 Å². The van der Waals surface area contributed by atoms with Crippen LogP contribution in [0.25, 0.3) is 10.9 Å². The smallest absolute Gasteiger partial charge is 0.331 e. The number of amides is 3. The molecule has 0 bridgehead atoms. The Morgan fingerprint density at radius 1 is 1.20 bits per heavy atom. The molecule has 2 heterocycles. The van der Waals surface area contributed by atoms with E-state index in [0.717, 1.165) is 12.8 Å². The quantitative estimate of drug-likeness (QED) is 0.269. The van der Waals surface area contributed by atoms with E-state index in [4.69, 9.17) is 0 Å². The van der Waals surface area contributed by atoms with Gasteiger partial charge in [-0.05, 0) is 70.6 Å². The number of halogens is 1. The van der Waals surface area contributed by atoms with Crippen LogP contribution < -0.4 is 21.9 Å². The summed E-state index contributed by atoms with van der Waals surface area (Å²) in [4.78, 5) is 54.0. The molecule has 2 aliphatic rings. The first-order valence-corrected chi connectivity index (χ1v) is 13.9. The first-order chi connectivity index (χ1) is 19.1. The zero-order chi connectivity index (χ0) is 29.0. The number of carbonyl (C=O) groups excluding carboxylic acids is 2. The van der Waals surface area contributed by atoms with Crippen molar-refractivity contribution in [3.8, 4) is 0 Å². The molecule has 0 unspecified atom stereocenters. The Morgan fingerprint density at radius 2 is 1.95 bits per heavy atom. The Kier molecular flexibility index (Phi) is 9.07. The molecule has 1 aliphatic carbocycles. The molecule has 4 rings (SSSR count). The van der Waals surface area contributed by atoms with E-state index in [9.17, 15) is 23.6 Å². The second-order valence-electron chi connectivity index (χ2n) is 10.8. The number of benzene rings is 1. The minimum atomic E-state index is -0.564. The van der Waals surface area contributed by atoms with E-state index in [1.54, 1.807) is 40.7 Å². The van der Waals surface area contributed by atoms with Crippen LogP contribution in [0.3, 0.4) is 0 Å². The molecule has 0 spiro atoms. The molecule has 1 aliphatic heterocycles. The molecular formula is C30H38FN5O4. The van der Waals surface area contributed by atoms with Gasteiger partial charge in [0.2, 0.25) is 0 Å². The van der Waals surface area contributed by atoms with E-state index >= 15 is 0 Å². The number of allylic oxidation sites excluding steroid dienone is 3. The van der Waals surface area contributed by atoms with Gasteiger partial charge in [-0.25, -0.2) is 14.0 Å². The van der Waals surface area contributed by atoms with Gasteiger partial charge in [-0.2, -0.15) is 0 Å². The molecule has 1 aromatic carbocycles. The topological polar surface area (TPSA) is 105 Å². The number of nitrogens with one attached hydrogen (secondary N) is 2. The van der Waals surface area contributed by atoms with Gasteiger partial charge in [0, 0.05) is 43.8 Å². The number of aromatic nitrogens is 2. The fraction of sp³-hybridized carbons (Fsp3) is 0.467. The van der Waals surface area contributed by atoms with Crippen LogP contribution in [0.4, 0.5) is 14.9 Å². The highest BCUT2D eigenvalue weighted by atomic mass is 19.1. The number of urea groups is 1. The molecule has 3 amide bonds. The number of nitrogens with zero attached hydrogens (tertiary/aromatic N) is 3. The van der Waals surface area contributed by atoms with Gasteiger partial charge in [-0.3, -0.25) is 18.7 Å². The largest absolute Gasteiger partial charge is 0.347 e. The van der Waals surface area contributed by atoms with Crippen LogP contribution in [0.2, 0.25) is 0 Å². The number of rotatable bonds is 9. The Balaban J connectivity index is 1.52. The summed E-state index contributed by atoms with van der Waals surface area (Å²) in [5, 5.41) is 6.09. The monoisotopic (exact) mass is 551 g/mol. The molecule has 9 nitrogen and oxygen atoms in total. The molecule has 0 radical (unpaired) electrons. The fourth-order valence-corrected chi connectivity index (χ4v) is 5.12. The molecule has 2 aromatic rings. The number of likely N-dealkylation sites (tertiary alicyclic amines) is 1. The van der Waals surface area contributed by atoms with E-state index in [2.05, 4.69) is 17.2 Å². The second-order valence-corrected chi connectivity index (χ2v) is 10.8. The second kappa shape index (κ2) is 12.5. The van der Waals surface area contributed by atoms with E-state index in [0.29, 0.717) is 48.4 Å². The highest BCUT2D eigenvalue weighted by molar-refractivity contribution is 5.97. The number of carbonyl (C=O) groups is 2. The summed E-state index contributed by atoms with van der Waals surface area (Å²) in [6, 6.07) is 4.16. The van der Waals surface area contributed by atoms with Gasteiger partial charge >= 0.3 is 11.7 Å². The van der Waals surface area contributed by atoms with E-state index in [1.165, 1.54) is 16.7 Å². The van der Waals surface area contributed by atoms with Crippen LogP contribution in [0, 0.1) is 5.92 Å². The lowest BCUT2D eigenvalue weighted by Crippen LogP contribution is -2.51. The first-order valence-electron chi connectivity index (χ1n) is 13.9. The minimum Gasteiger partial charge on any atom is -0.347 e. The lowest BCUT2D eigenvalue weighted by molar-refractivity contribution is -0.118. The van der Waals surface area contributed by atoms with Crippen molar-refractivity contribution < 1.29 is 14.0 Å². The van der Waals surface area contributed by atoms with Gasteiger partial charge in [-0.1, -0.05) is 18.2 Å². The van der Waals surface area contributed by atoms with Crippen LogP contribution in [-0.2, 0) is 11.3 Å². The lowest BCUT2D eigenvalue weighted by atomic mass is 10.0. The zero-order valence-corrected chi connectivity index (χ0v) is 23.4. The minimum absolute atomic E-state index is 0.0446. The van der Waals surface area contributed by atoms with Crippen molar-refractivity contribution in [2.24, 2.45) is 5.92 Å². The van der Waals surface area contributed by atoms with Crippen molar-refractivity contribution in [3.63, 3.8) is 0 Å². The maximum Gasteiger partial charge on any atom is 0.331 e. The molecule has 2 fully saturated rings.